The van der Waals surface area contributed by atoms with Gasteiger partial charge in [-0.3, -0.25) is 4.79 Å². The van der Waals surface area contributed by atoms with Crippen molar-refractivity contribution in [1.29, 1.82) is 0 Å². The normalized spacial score (nSPS) is 10.2. The number of nitrogens with one attached hydrogen (secondary N) is 2. The van der Waals surface area contributed by atoms with E-state index in [1.54, 1.807) is 43.3 Å². The molecule has 3 aromatic rings. The minimum absolute atomic E-state index is 0.0725. The van der Waals surface area contributed by atoms with E-state index in [-0.39, 0.29) is 23.7 Å². The summed E-state index contributed by atoms with van der Waals surface area (Å²) in [6.45, 7) is 1.94. The number of halogens is 1. The van der Waals surface area contributed by atoms with Crippen LogP contribution < -0.4 is 10.6 Å². The predicted molar refractivity (Wildman–Crippen MR) is 102 cm³/mol. The Balaban J connectivity index is 1.70. The Labute approximate surface area is 160 Å². The molecule has 2 N–H and O–H groups in total. The van der Waals surface area contributed by atoms with Crippen LogP contribution in [0.1, 0.15) is 27.8 Å². The first kappa shape index (κ1) is 19.0. The van der Waals surface area contributed by atoms with Crippen molar-refractivity contribution in [2.75, 3.05) is 17.2 Å². The van der Waals surface area contributed by atoms with Gasteiger partial charge in [-0.15, -0.1) is 0 Å². The molecular weight excluding hydrogens is 363 g/mol. The standard InChI is InChI=1S/C20H17FN4O3/c1-2-28-20(27)15-5-3-4-6-16(15)25-19(26)17-11-23-18(12-22-17)24-14-9-7-13(21)8-10-14/h3-12H,2H2,1H3,(H,23,24)(H,25,26). The van der Waals surface area contributed by atoms with Crippen LogP contribution in [0.25, 0.3) is 0 Å². The average molecular weight is 380 g/mol. The number of aromatic nitrogens is 2. The fraction of sp³-hybridized carbons (Fsp3) is 0.100. The molecule has 0 spiro atoms. The van der Waals surface area contributed by atoms with Gasteiger partial charge in [0.2, 0.25) is 0 Å². The third kappa shape index (κ3) is 4.67. The van der Waals surface area contributed by atoms with Crippen molar-refractivity contribution in [3.05, 3.63) is 78.0 Å². The maximum absolute atomic E-state index is 12.9. The number of hydrogen-bond donors (Lipinski definition) is 2. The van der Waals surface area contributed by atoms with Crippen LogP contribution in [-0.4, -0.2) is 28.5 Å². The topological polar surface area (TPSA) is 93.2 Å². The van der Waals surface area contributed by atoms with E-state index in [1.165, 1.54) is 24.5 Å². The summed E-state index contributed by atoms with van der Waals surface area (Å²) in [5.74, 6) is -0.984. The monoisotopic (exact) mass is 380 g/mol. The number of carbonyl (C=O) groups is 2. The van der Waals surface area contributed by atoms with Crippen LogP contribution in [0.3, 0.4) is 0 Å². The third-order valence-corrected chi connectivity index (χ3v) is 3.67. The van der Waals surface area contributed by atoms with Gasteiger partial charge in [-0.05, 0) is 43.3 Å². The maximum Gasteiger partial charge on any atom is 0.340 e. The number of para-hydroxylation sites is 1. The molecule has 2 aromatic carbocycles. The first-order chi connectivity index (χ1) is 13.6. The van der Waals surface area contributed by atoms with E-state index in [9.17, 15) is 14.0 Å². The molecule has 0 unspecified atom stereocenters. The SMILES string of the molecule is CCOC(=O)c1ccccc1NC(=O)c1cnc(Nc2ccc(F)cc2)cn1. The Bertz CT molecular complexity index is 976. The summed E-state index contributed by atoms with van der Waals surface area (Å²) < 4.78 is 17.9. The molecule has 0 aliphatic heterocycles. The molecule has 0 aliphatic carbocycles. The summed E-state index contributed by atoms with van der Waals surface area (Å²) in [6, 6.07) is 12.3. The lowest BCUT2D eigenvalue weighted by atomic mass is 10.1. The van der Waals surface area contributed by atoms with E-state index in [1.807, 2.05) is 0 Å². The number of anilines is 3. The quantitative estimate of drug-likeness (QED) is 0.632. The molecule has 28 heavy (non-hydrogen) atoms. The van der Waals surface area contributed by atoms with Crippen molar-refractivity contribution in [2.45, 2.75) is 6.92 Å². The lowest BCUT2D eigenvalue weighted by molar-refractivity contribution is 0.0527. The predicted octanol–water partition coefficient (Wildman–Crippen LogP) is 3.79. The van der Waals surface area contributed by atoms with E-state index >= 15 is 0 Å². The number of nitrogens with zero attached hydrogens (tertiary/aromatic N) is 2. The Morgan fingerprint density at radius 1 is 1.04 bits per heavy atom. The largest absolute Gasteiger partial charge is 0.462 e. The molecule has 7 nitrogen and oxygen atoms in total. The number of amides is 1. The summed E-state index contributed by atoms with van der Waals surface area (Å²) >= 11 is 0. The molecule has 0 aliphatic rings. The molecule has 8 heteroatoms. The number of rotatable bonds is 6. The van der Waals surface area contributed by atoms with Crippen molar-refractivity contribution in [1.82, 2.24) is 9.97 Å². The van der Waals surface area contributed by atoms with E-state index in [0.29, 0.717) is 17.2 Å². The maximum atomic E-state index is 12.9. The highest BCUT2D eigenvalue weighted by Crippen LogP contribution is 2.18. The summed E-state index contributed by atoms with van der Waals surface area (Å²) in [5, 5.41) is 5.59. The highest BCUT2D eigenvalue weighted by molar-refractivity contribution is 6.07. The summed E-state index contributed by atoms with van der Waals surface area (Å²) in [5.41, 5.74) is 1.28. The minimum atomic E-state index is -0.525. The van der Waals surface area contributed by atoms with Crippen LogP contribution >= 0.6 is 0 Å². The zero-order valence-corrected chi connectivity index (χ0v) is 15.0. The second-order valence-electron chi connectivity index (χ2n) is 5.64. The Morgan fingerprint density at radius 3 is 2.46 bits per heavy atom. The lowest BCUT2D eigenvalue weighted by Crippen LogP contribution is -2.17. The first-order valence-corrected chi connectivity index (χ1v) is 8.49. The zero-order valence-electron chi connectivity index (χ0n) is 15.0. The fourth-order valence-corrected chi connectivity index (χ4v) is 2.36. The Morgan fingerprint density at radius 2 is 1.79 bits per heavy atom. The van der Waals surface area contributed by atoms with Crippen LogP contribution in [0.5, 0.6) is 0 Å². The second kappa shape index (κ2) is 8.72. The van der Waals surface area contributed by atoms with Gasteiger partial charge >= 0.3 is 5.97 Å². The minimum Gasteiger partial charge on any atom is -0.462 e. The molecule has 0 saturated carbocycles. The van der Waals surface area contributed by atoms with Crippen molar-refractivity contribution < 1.29 is 18.7 Å². The summed E-state index contributed by atoms with van der Waals surface area (Å²) in [4.78, 5) is 32.6. The van der Waals surface area contributed by atoms with Crippen LogP contribution in [0, 0.1) is 5.82 Å². The smallest absolute Gasteiger partial charge is 0.340 e. The molecule has 0 atom stereocenters. The van der Waals surface area contributed by atoms with Crippen molar-refractivity contribution in [2.24, 2.45) is 0 Å². The third-order valence-electron chi connectivity index (χ3n) is 3.67. The molecule has 1 heterocycles. The summed E-state index contributed by atoms with van der Waals surface area (Å²) in [6.07, 6.45) is 2.68. The average Bonchev–Trinajstić information content (AvgIpc) is 2.71. The molecule has 0 radical (unpaired) electrons. The highest BCUT2D eigenvalue weighted by Gasteiger charge is 2.15. The molecule has 0 bridgehead atoms. The second-order valence-corrected chi connectivity index (χ2v) is 5.64. The number of esters is 1. The zero-order chi connectivity index (χ0) is 19.9. The summed E-state index contributed by atoms with van der Waals surface area (Å²) in [7, 11) is 0. The number of ether oxygens (including phenoxy) is 1. The first-order valence-electron chi connectivity index (χ1n) is 8.49. The molecule has 0 fully saturated rings. The van der Waals surface area contributed by atoms with E-state index in [2.05, 4.69) is 20.6 Å². The van der Waals surface area contributed by atoms with Gasteiger partial charge in [0.25, 0.3) is 5.91 Å². The van der Waals surface area contributed by atoms with Crippen LogP contribution in [0.2, 0.25) is 0 Å². The van der Waals surface area contributed by atoms with Gasteiger partial charge in [-0.2, -0.15) is 0 Å². The molecule has 3 rings (SSSR count). The fourth-order valence-electron chi connectivity index (χ4n) is 2.36. The molecule has 142 valence electrons. The van der Waals surface area contributed by atoms with Gasteiger partial charge in [0.1, 0.15) is 17.3 Å². The number of benzene rings is 2. The van der Waals surface area contributed by atoms with Crippen molar-refractivity contribution >= 4 is 29.1 Å². The molecule has 1 amide bonds. The highest BCUT2D eigenvalue weighted by atomic mass is 19.1. The van der Waals surface area contributed by atoms with Crippen LogP contribution in [0.4, 0.5) is 21.6 Å². The number of hydrogen-bond acceptors (Lipinski definition) is 6. The van der Waals surface area contributed by atoms with Gasteiger partial charge in [0, 0.05) is 5.69 Å². The van der Waals surface area contributed by atoms with Gasteiger partial charge in [0.15, 0.2) is 0 Å². The van der Waals surface area contributed by atoms with Gasteiger partial charge in [0.05, 0.1) is 30.3 Å². The van der Waals surface area contributed by atoms with Crippen molar-refractivity contribution in [3.63, 3.8) is 0 Å². The van der Waals surface area contributed by atoms with E-state index in [0.717, 1.165) is 0 Å². The molecular formula is C20H17FN4O3. The Hall–Kier alpha value is -3.81. The van der Waals surface area contributed by atoms with Crippen molar-refractivity contribution in [3.8, 4) is 0 Å². The van der Waals surface area contributed by atoms with Crippen LogP contribution in [0.15, 0.2) is 60.9 Å². The number of carbonyl (C=O) groups excluding carboxylic acids is 2. The van der Waals surface area contributed by atoms with Gasteiger partial charge < -0.3 is 15.4 Å². The van der Waals surface area contributed by atoms with Crippen LogP contribution in [-0.2, 0) is 4.74 Å². The van der Waals surface area contributed by atoms with E-state index < -0.39 is 11.9 Å². The molecule has 1 aromatic heterocycles. The van der Waals surface area contributed by atoms with E-state index in [4.69, 9.17) is 4.74 Å². The van der Waals surface area contributed by atoms with Gasteiger partial charge in [-0.1, -0.05) is 12.1 Å². The Kier molecular flexibility index (Phi) is 5.91. The lowest BCUT2D eigenvalue weighted by Gasteiger charge is -2.10. The van der Waals surface area contributed by atoms with Gasteiger partial charge in [-0.25, -0.2) is 19.2 Å². The molecule has 0 saturated heterocycles.